The molecule has 0 atom stereocenters. The zero-order valence-electron chi connectivity index (χ0n) is 17.7. The Morgan fingerprint density at radius 2 is 1.83 bits per heavy atom. The van der Waals surface area contributed by atoms with Crippen LogP contribution in [0, 0.1) is 6.92 Å². The Morgan fingerprint density at radius 3 is 2.47 bits per heavy atom. The number of sulfonamides is 1. The molecule has 0 unspecified atom stereocenters. The van der Waals surface area contributed by atoms with Crippen molar-refractivity contribution < 1.29 is 17.9 Å². The van der Waals surface area contributed by atoms with E-state index in [1.54, 1.807) is 48.5 Å². The largest absolute Gasteiger partial charge is 0.495 e. The van der Waals surface area contributed by atoms with Crippen LogP contribution in [0.4, 0.5) is 5.69 Å². The second-order valence-electron chi connectivity index (χ2n) is 7.65. The second-order valence-corrected chi connectivity index (χ2v) is 9.48. The van der Waals surface area contributed by atoms with E-state index in [1.165, 1.54) is 7.11 Å². The SMILES string of the molecule is COc1ccc(C)cc1S(=O)(=O)N(CC(=O)NC1CCN(C)CC1)c1ccccc1. The van der Waals surface area contributed by atoms with Gasteiger partial charge in [-0.3, -0.25) is 9.10 Å². The summed E-state index contributed by atoms with van der Waals surface area (Å²) in [6.07, 6.45) is 1.71. The molecule has 1 saturated heterocycles. The summed E-state index contributed by atoms with van der Waals surface area (Å²) in [5.74, 6) is -0.0686. The Balaban J connectivity index is 1.90. The maximum atomic E-state index is 13.6. The van der Waals surface area contributed by atoms with Crippen molar-refractivity contribution in [2.75, 3.05) is 38.1 Å². The maximum Gasteiger partial charge on any atom is 0.268 e. The Bertz CT molecular complexity index is 971. The highest BCUT2D eigenvalue weighted by atomic mass is 32.2. The van der Waals surface area contributed by atoms with Gasteiger partial charge in [-0.05, 0) is 69.7 Å². The van der Waals surface area contributed by atoms with Crippen LogP contribution in [-0.4, -0.2) is 59.1 Å². The molecular weight excluding hydrogens is 402 g/mol. The standard InChI is InChI=1S/C22H29N3O4S/c1-17-9-10-20(29-3)21(15-17)30(27,28)25(19-7-5-4-6-8-19)16-22(26)23-18-11-13-24(2)14-12-18/h4-10,15,18H,11-14,16H2,1-3H3,(H,23,26). The second kappa shape index (κ2) is 9.49. The highest BCUT2D eigenvalue weighted by Gasteiger charge is 2.31. The van der Waals surface area contributed by atoms with E-state index in [1.807, 2.05) is 6.92 Å². The van der Waals surface area contributed by atoms with Crippen molar-refractivity contribution >= 4 is 21.6 Å². The first kappa shape index (κ1) is 22.1. The van der Waals surface area contributed by atoms with Crippen molar-refractivity contribution in [1.82, 2.24) is 10.2 Å². The Hall–Kier alpha value is -2.58. The van der Waals surface area contributed by atoms with Crippen LogP contribution in [0.25, 0.3) is 0 Å². The maximum absolute atomic E-state index is 13.6. The van der Waals surface area contributed by atoms with E-state index in [4.69, 9.17) is 4.74 Å². The predicted octanol–water partition coefficient (Wildman–Crippen LogP) is 2.41. The molecular formula is C22H29N3O4S. The topological polar surface area (TPSA) is 79.0 Å². The molecule has 0 aliphatic carbocycles. The fraction of sp³-hybridized carbons (Fsp3) is 0.409. The van der Waals surface area contributed by atoms with Gasteiger partial charge in [-0.2, -0.15) is 0 Å². The highest BCUT2D eigenvalue weighted by Crippen LogP contribution is 2.30. The summed E-state index contributed by atoms with van der Waals surface area (Å²) in [6.45, 7) is 3.34. The van der Waals surface area contributed by atoms with Crippen LogP contribution >= 0.6 is 0 Å². The van der Waals surface area contributed by atoms with E-state index < -0.39 is 10.0 Å². The van der Waals surface area contributed by atoms with Crippen LogP contribution in [-0.2, 0) is 14.8 Å². The number of hydrogen-bond donors (Lipinski definition) is 1. The molecule has 3 rings (SSSR count). The van der Waals surface area contributed by atoms with Gasteiger partial charge in [0.05, 0.1) is 12.8 Å². The van der Waals surface area contributed by atoms with Gasteiger partial charge in [0, 0.05) is 6.04 Å². The van der Waals surface area contributed by atoms with Crippen molar-refractivity contribution in [2.45, 2.75) is 30.7 Å². The lowest BCUT2D eigenvalue weighted by atomic mass is 10.1. The molecule has 0 bridgehead atoms. The summed E-state index contributed by atoms with van der Waals surface area (Å²) in [4.78, 5) is 15.1. The molecule has 0 saturated carbocycles. The van der Waals surface area contributed by atoms with Gasteiger partial charge in [-0.25, -0.2) is 8.42 Å². The molecule has 1 amide bonds. The van der Waals surface area contributed by atoms with Crippen molar-refractivity contribution in [2.24, 2.45) is 0 Å². The molecule has 7 nitrogen and oxygen atoms in total. The van der Waals surface area contributed by atoms with Gasteiger partial charge in [0.15, 0.2) is 0 Å². The Kier molecular flexibility index (Phi) is 6.99. The Morgan fingerprint density at radius 1 is 1.17 bits per heavy atom. The quantitative estimate of drug-likeness (QED) is 0.728. The number of para-hydroxylation sites is 1. The first-order chi connectivity index (χ1) is 14.3. The molecule has 2 aromatic rings. The lowest BCUT2D eigenvalue weighted by Gasteiger charge is -2.30. The molecule has 30 heavy (non-hydrogen) atoms. The van der Waals surface area contributed by atoms with Crippen LogP contribution in [0.2, 0.25) is 0 Å². The van der Waals surface area contributed by atoms with Crippen LogP contribution in [0.15, 0.2) is 53.4 Å². The fourth-order valence-corrected chi connectivity index (χ4v) is 5.23. The average Bonchev–Trinajstić information content (AvgIpc) is 2.74. The number of piperidine rings is 1. The predicted molar refractivity (Wildman–Crippen MR) is 117 cm³/mol. The minimum Gasteiger partial charge on any atom is -0.495 e. The van der Waals surface area contributed by atoms with Gasteiger partial charge in [0.1, 0.15) is 17.2 Å². The van der Waals surface area contributed by atoms with Crippen molar-refractivity contribution in [3.05, 3.63) is 54.1 Å². The smallest absolute Gasteiger partial charge is 0.268 e. The van der Waals surface area contributed by atoms with Gasteiger partial charge in [-0.15, -0.1) is 0 Å². The van der Waals surface area contributed by atoms with Crippen LogP contribution in [0.3, 0.4) is 0 Å². The summed E-state index contributed by atoms with van der Waals surface area (Å²) in [5.41, 5.74) is 1.22. The normalized spacial score (nSPS) is 15.6. The molecule has 8 heteroatoms. The van der Waals surface area contributed by atoms with Crippen LogP contribution < -0.4 is 14.4 Å². The molecule has 0 aromatic heterocycles. The number of aryl methyl sites for hydroxylation is 1. The number of carbonyl (C=O) groups is 1. The summed E-state index contributed by atoms with van der Waals surface area (Å²) in [7, 11) is -0.538. The van der Waals surface area contributed by atoms with E-state index in [0.29, 0.717) is 5.69 Å². The summed E-state index contributed by atoms with van der Waals surface area (Å²) in [6, 6.07) is 13.7. The van der Waals surface area contributed by atoms with Gasteiger partial charge >= 0.3 is 0 Å². The minimum absolute atomic E-state index is 0.0425. The molecule has 162 valence electrons. The summed E-state index contributed by atoms with van der Waals surface area (Å²) in [5, 5.41) is 3.00. The molecule has 0 radical (unpaired) electrons. The third-order valence-electron chi connectivity index (χ3n) is 5.30. The van der Waals surface area contributed by atoms with E-state index >= 15 is 0 Å². The lowest BCUT2D eigenvalue weighted by Crippen LogP contribution is -2.47. The lowest BCUT2D eigenvalue weighted by molar-refractivity contribution is -0.120. The van der Waals surface area contributed by atoms with Crippen LogP contribution in [0.5, 0.6) is 5.75 Å². The number of methoxy groups -OCH3 is 1. The third kappa shape index (κ3) is 5.12. The number of benzene rings is 2. The fourth-order valence-electron chi connectivity index (χ4n) is 3.57. The number of amides is 1. The molecule has 1 aliphatic rings. The van der Waals surface area contributed by atoms with Crippen LogP contribution in [0.1, 0.15) is 18.4 Å². The van der Waals surface area contributed by atoms with Gasteiger partial charge < -0.3 is 15.0 Å². The molecule has 0 spiro atoms. The minimum atomic E-state index is -4.02. The zero-order valence-corrected chi connectivity index (χ0v) is 18.5. The molecule has 2 aromatic carbocycles. The molecule has 1 N–H and O–H groups in total. The first-order valence-electron chi connectivity index (χ1n) is 10.0. The third-order valence-corrected chi connectivity index (χ3v) is 7.10. The number of nitrogens with zero attached hydrogens (tertiary/aromatic N) is 2. The van der Waals surface area contributed by atoms with E-state index in [0.717, 1.165) is 35.8 Å². The molecule has 1 fully saturated rings. The number of rotatable bonds is 7. The van der Waals surface area contributed by atoms with E-state index in [9.17, 15) is 13.2 Å². The van der Waals surface area contributed by atoms with Gasteiger partial charge in [0.2, 0.25) is 5.91 Å². The zero-order chi connectivity index (χ0) is 21.7. The average molecular weight is 432 g/mol. The number of nitrogens with one attached hydrogen (secondary N) is 1. The number of ether oxygens (including phenoxy) is 1. The van der Waals surface area contributed by atoms with Crippen molar-refractivity contribution in [3.8, 4) is 5.75 Å². The van der Waals surface area contributed by atoms with E-state index in [-0.39, 0.29) is 29.1 Å². The highest BCUT2D eigenvalue weighted by molar-refractivity contribution is 7.93. The summed E-state index contributed by atoms with van der Waals surface area (Å²) >= 11 is 0. The van der Waals surface area contributed by atoms with E-state index in [2.05, 4.69) is 17.3 Å². The van der Waals surface area contributed by atoms with Gasteiger partial charge in [-0.1, -0.05) is 24.3 Å². The number of anilines is 1. The monoisotopic (exact) mass is 431 g/mol. The van der Waals surface area contributed by atoms with Gasteiger partial charge in [0.25, 0.3) is 10.0 Å². The molecule has 1 heterocycles. The number of likely N-dealkylation sites (tertiary alicyclic amines) is 1. The number of carbonyl (C=O) groups excluding carboxylic acids is 1. The van der Waals surface area contributed by atoms with Crippen molar-refractivity contribution in [3.63, 3.8) is 0 Å². The summed E-state index contributed by atoms with van der Waals surface area (Å²) < 4.78 is 33.6. The van der Waals surface area contributed by atoms with Crippen molar-refractivity contribution in [1.29, 1.82) is 0 Å². The Labute approximate surface area is 178 Å². The molecule has 1 aliphatic heterocycles. The first-order valence-corrected chi connectivity index (χ1v) is 11.5. The number of hydrogen-bond acceptors (Lipinski definition) is 5.